The number of anilines is 1. The van der Waals surface area contributed by atoms with Crippen molar-refractivity contribution in [3.05, 3.63) is 34.5 Å². The Morgan fingerprint density at radius 1 is 1.69 bits per heavy atom. The average Bonchev–Trinajstić information content (AvgIpc) is 2.04. The first-order chi connectivity index (χ1) is 6.09. The van der Waals surface area contributed by atoms with Crippen molar-refractivity contribution in [2.24, 2.45) is 0 Å². The van der Waals surface area contributed by atoms with Crippen LogP contribution in [0.2, 0.25) is 0 Å². The smallest absolute Gasteiger partial charge is 0.266 e. The highest BCUT2D eigenvalue weighted by atomic mass is 79.9. The van der Waals surface area contributed by atoms with Crippen molar-refractivity contribution in [1.29, 1.82) is 0 Å². The molecule has 1 aromatic rings. The SMILES string of the molecule is C=C(Cl)C(=O)Nc1ccnc(Br)c1. The lowest BCUT2D eigenvalue weighted by Gasteiger charge is -2.02. The topological polar surface area (TPSA) is 42.0 Å². The van der Waals surface area contributed by atoms with E-state index >= 15 is 0 Å². The van der Waals surface area contributed by atoms with Crippen molar-refractivity contribution in [3.63, 3.8) is 0 Å². The maximum absolute atomic E-state index is 11.0. The number of halogens is 2. The first kappa shape index (κ1) is 10.2. The first-order valence-electron chi connectivity index (χ1n) is 3.37. The summed E-state index contributed by atoms with van der Waals surface area (Å²) >= 11 is 8.56. The van der Waals surface area contributed by atoms with E-state index in [4.69, 9.17) is 11.6 Å². The summed E-state index contributed by atoms with van der Waals surface area (Å²) in [7, 11) is 0. The van der Waals surface area contributed by atoms with Crippen molar-refractivity contribution in [1.82, 2.24) is 4.98 Å². The first-order valence-corrected chi connectivity index (χ1v) is 4.54. The molecule has 68 valence electrons. The predicted molar refractivity (Wildman–Crippen MR) is 55.6 cm³/mol. The van der Waals surface area contributed by atoms with Gasteiger partial charge in [0.15, 0.2) is 0 Å². The summed E-state index contributed by atoms with van der Waals surface area (Å²) < 4.78 is 0.644. The summed E-state index contributed by atoms with van der Waals surface area (Å²) in [6, 6.07) is 3.32. The number of nitrogens with one attached hydrogen (secondary N) is 1. The van der Waals surface area contributed by atoms with Crippen LogP contribution in [0.3, 0.4) is 0 Å². The van der Waals surface area contributed by atoms with Crippen LogP contribution < -0.4 is 5.32 Å². The van der Waals surface area contributed by atoms with Gasteiger partial charge < -0.3 is 5.32 Å². The molecular weight excluding hydrogens is 255 g/mol. The Hall–Kier alpha value is -0.870. The summed E-state index contributed by atoms with van der Waals surface area (Å²) in [4.78, 5) is 14.9. The monoisotopic (exact) mass is 260 g/mol. The van der Waals surface area contributed by atoms with Gasteiger partial charge in [-0.1, -0.05) is 18.2 Å². The van der Waals surface area contributed by atoms with E-state index in [1.165, 1.54) is 0 Å². The van der Waals surface area contributed by atoms with Crippen molar-refractivity contribution in [2.75, 3.05) is 5.32 Å². The number of carbonyl (C=O) groups is 1. The Labute approximate surface area is 88.9 Å². The van der Waals surface area contributed by atoms with E-state index in [9.17, 15) is 4.79 Å². The van der Waals surface area contributed by atoms with Gasteiger partial charge in [-0.25, -0.2) is 4.98 Å². The van der Waals surface area contributed by atoms with E-state index in [2.05, 4.69) is 32.8 Å². The summed E-state index contributed by atoms with van der Waals surface area (Å²) in [5, 5.41) is 2.49. The zero-order valence-electron chi connectivity index (χ0n) is 6.55. The van der Waals surface area contributed by atoms with E-state index < -0.39 is 5.91 Å². The molecule has 0 saturated carbocycles. The molecule has 1 heterocycles. The number of pyridine rings is 1. The van der Waals surface area contributed by atoms with Crippen LogP contribution in [-0.4, -0.2) is 10.9 Å². The van der Waals surface area contributed by atoms with Gasteiger partial charge in [-0.15, -0.1) is 0 Å². The zero-order valence-corrected chi connectivity index (χ0v) is 8.89. The van der Waals surface area contributed by atoms with Gasteiger partial charge in [0.1, 0.15) is 4.60 Å². The minimum Gasteiger partial charge on any atom is -0.321 e. The molecule has 0 saturated heterocycles. The molecule has 0 aliphatic carbocycles. The van der Waals surface area contributed by atoms with Gasteiger partial charge in [-0.3, -0.25) is 4.79 Å². The molecule has 0 spiro atoms. The fourth-order valence-corrected chi connectivity index (χ4v) is 1.09. The number of rotatable bonds is 2. The zero-order chi connectivity index (χ0) is 9.84. The van der Waals surface area contributed by atoms with E-state index in [0.29, 0.717) is 10.3 Å². The largest absolute Gasteiger partial charge is 0.321 e. The highest BCUT2D eigenvalue weighted by Gasteiger charge is 2.03. The van der Waals surface area contributed by atoms with E-state index in [1.807, 2.05) is 0 Å². The van der Waals surface area contributed by atoms with Crippen LogP contribution in [0.5, 0.6) is 0 Å². The van der Waals surface area contributed by atoms with Crippen LogP contribution in [0, 0.1) is 0 Å². The molecule has 0 aromatic carbocycles. The third-order valence-electron chi connectivity index (χ3n) is 1.23. The van der Waals surface area contributed by atoms with Gasteiger partial charge in [-0.05, 0) is 28.1 Å². The minimum absolute atomic E-state index is 0.0482. The van der Waals surface area contributed by atoms with E-state index in [-0.39, 0.29) is 5.03 Å². The lowest BCUT2D eigenvalue weighted by molar-refractivity contribution is -0.112. The van der Waals surface area contributed by atoms with Crippen molar-refractivity contribution >= 4 is 39.1 Å². The number of hydrogen-bond acceptors (Lipinski definition) is 2. The maximum atomic E-state index is 11.0. The van der Waals surface area contributed by atoms with Crippen LogP contribution in [0.15, 0.2) is 34.5 Å². The van der Waals surface area contributed by atoms with Gasteiger partial charge >= 0.3 is 0 Å². The Morgan fingerprint density at radius 2 is 2.38 bits per heavy atom. The Kier molecular flexibility index (Phi) is 3.45. The van der Waals surface area contributed by atoms with E-state index in [0.717, 1.165) is 0 Å². The Morgan fingerprint density at radius 3 is 2.92 bits per heavy atom. The molecule has 1 N–H and O–H groups in total. The lowest BCUT2D eigenvalue weighted by Crippen LogP contribution is -2.10. The van der Waals surface area contributed by atoms with Gasteiger partial charge in [0.2, 0.25) is 0 Å². The minimum atomic E-state index is -0.417. The summed E-state index contributed by atoms with van der Waals surface area (Å²) in [6.45, 7) is 3.30. The molecule has 0 aliphatic rings. The molecule has 0 atom stereocenters. The highest BCUT2D eigenvalue weighted by molar-refractivity contribution is 9.10. The molecule has 3 nitrogen and oxygen atoms in total. The Balaban J connectivity index is 2.75. The highest BCUT2D eigenvalue weighted by Crippen LogP contribution is 2.13. The van der Waals surface area contributed by atoms with Crippen LogP contribution in [-0.2, 0) is 4.79 Å². The normalized spacial score (nSPS) is 9.38. The molecular formula is C8H6BrClN2O. The molecule has 1 amide bonds. The fourth-order valence-electron chi connectivity index (χ4n) is 0.679. The number of carbonyl (C=O) groups excluding carboxylic acids is 1. The number of amides is 1. The van der Waals surface area contributed by atoms with Crippen LogP contribution >= 0.6 is 27.5 Å². The number of aromatic nitrogens is 1. The summed E-state index contributed by atoms with van der Waals surface area (Å²) in [6.07, 6.45) is 1.57. The van der Waals surface area contributed by atoms with E-state index in [1.54, 1.807) is 18.3 Å². The molecule has 0 unspecified atom stereocenters. The molecule has 0 aliphatic heterocycles. The molecule has 1 rings (SSSR count). The third-order valence-corrected chi connectivity index (χ3v) is 1.84. The lowest BCUT2D eigenvalue weighted by atomic mass is 10.4. The molecule has 0 fully saturated rings. The average molecular weight is 262 g/mol. The molecule has 0 radical (unpaired) electrons. The molecule has 0 bridgehead atoms. The fraction of sp³-hybridized carbons (Fsp3) is 0. The van der Waals surface area contributed by atoms with Crippen LogP contribution in [0.4, 0.5) is 5.69 Å². The van der Waals surface area contributed by atoms with Crippen LogP contribution in [0.25, 0.3) is 0 Å². The Bertz CT molecular complexity index is 354. The molecule has 5 heteroatoms. The third kappa shape index (κ3) is 3.16. The van der Waals surface area contributed by atoms with Crippen molar-refractivity contribution in [2.45, 2.75) is 0 Å². The molecule has 13 heavy (non-hydrogen) atoms. The second-order valence-electron chi connectivity index (χ2n) is 2.23. The van der Waals surface area contributed by atoms with Gasteiger partial charge in [0, 0.05) is 11.9 Å². The van der Waals surface area contributed by atoms with Gasteiger partial charge in [-0.2, -0.15) is 0 Å². The van der Waals surface area contributed by atoms with Gasteiger partial charge in [0.25, 0.3) is 5.91 Å². The number of hydrogen-bond donors (Lipinski definition) is 1. The van der Waals surface area contributed by atoms with Crippen molar-refractivity contribution < 1.29 is 4.79 Å². The van der Waals surface area contributed by atoms with Crippen molar-refractivity contribution in [3.8, 4) is 0 Å². The second kappa shape index (κ2) is 4.39. The van der Waals surface area contributed by atoms with Gasteiger partial charge in [0.05, 0.1) is 5.03 Å². The standard InChI is InChI=1S/C8H6BrClN2O/c1-5(10)8(13)12-6-2-3-11-7(9)4-6/h2-4H,1H2,(H,11,12,13). The quantitative estimate of drug-likeness (QED) is 0.656. The summed E-state index contributed by atoms with van der Waals surface area (Å²) in [5.74, 6) is -0.417. The molecule has 1 aromatic heterocycles. The predicted octanol–water partition coefficient (Wildman–Crippen LogP) is 2.54. The summed E-state index contributed by atoms with van der Waals surface area (Å²) in [5.41, 5.74) is 0.619. The second-order valence-corrected chi connectivity index (χ2v) is 3.49. The maximum Gasteiger partial charge on any atom is 0.266 e. The van der Waals surface area contributed by atoms with Crippen LogP contribution in [0.1, 0.15) is 0 Å². The number of nitrogens with zero attached hydrogens (tertiary/aromatic N) is 1.